The molecule has 1 aromatic rings. The highest BCUT2D eigenvalue weighted by atomic mass is 16.5. The monoisotopic (exact) mass is 316 g/mol. The molecule has 4 fully saturated rings. The van der Waals surface area contributed by atoms with Gasteiger partial charge >= 0.3 is 5.97 Å². The molecule has 0 radical (unpaired) electrons. The molecule has 4 heteroatoms. The third-order valence-electron chi connectivity index (χ3n) is 6.51. The first kappa shape index (κ1) is 14.9. The molecule has 4 saturated carbocycles. The standard InChI is InChI=1S/C19H24O4/c1-22-15-4-3-14(6-16(15)23-2)18-7-12-5-13(8-18)10-19(9-12,11-18)17(20)21/h3-4,6,12-13H,5,7-11H2,1-2H3,(H,20,21)/t12-,13-,18?,19?/m0/s1. The fraction of sp³-hybridized carbons (Fsp3) is 0.632. The summed E-state index contributed by atoms with van der Waals surface area (Å²) >= 11 is 0. The third kappa shape index (κ3) is 2.07. The summed E-state index contributed by atoms with van der Waals surface area (Å²) in [5.74, 6) is 2.00. The molecule has 4 aliphatic carbocycles. The van der Waals surface area contributed by atoms with Gasteiger partial charge in [0.1, 0.15) is 0 Å². The number of rotatable bonds is 4. The zero-order valence-electron chi connectivity index (χ0n) is 13.8. The second-order valence-corrected chi connectivity index (χ2v) is 7.90. The lowest BCUT2D eigenvalue weighted by Gasteiger charge is -2.60. The highest BCUT2D eigenvalue weighted by Crippen LogP contribution is 2.66. The van der Waals surface area contributed by atoms with Crippen molar-refractivity contribution in [3.05, 3.63) is 23.8 Å². The fourth-order valence-corrected chi connectivity index (χ4v) is 6.02. The summed E-state index contributed by atoms with van der Waals surface area (Å²) in [7, 11) is 3.29. The molecule has 0 spiro atoms. The summed E-state index contributed by atoms with van der Waals surface area (Å²) in [5.41, 5.74) is 0.731. The first-order valence-electron chi connectivity index (χ1n) is 8.46. The number of hydrogen-bond donors (Lipinski definition) is 1. The topological polar surface area (TPSA) is 55.8 Å². The van der Waals surface area contributed by atoms with E-state index in [1.165, 1.54) is 12.0 Å². The average molecular weight is 316 g/mol. The number of aliphatic carboxylic acids is 1. The Balaban J connectivity index is 1.77. The van der Waals surface area contributed by atoms with Gasteiger partial charge in [-0.2, -0.15) is 0 Å². The maximum atomic E-state index is 12.0. The third-order valence-corrected chi connectivity index (χ3v) is 6.51. The van der Waals surface area contributed by atoms with Gasteiger partial charge < -0.3 is 14.6 Å². The van der Waals surface area contributed by atoms with Crippen molar-refractivity contribution >= 4 is 5.97 Å². The predicted octanol–water partition coefficient (Wildman–Crippen LogP) is 3.63. The van der Waals surface area contributed by atoms with Gasteiger partial charge in [-0.05, 0) is 73.5 Å². The Labute approximate surface area is 136 Å². The molecule has 124 valence electrons. The van der Waals surface area contributed by atoms with Crippen molar-refractivity contribution in [1.29, 1.82) is 0 Å². The van der Waals surface area contributed by atoms with Gasteiger partial charge in [0.2, 0.25) is 0 Å². The largest absolute Gasteiger partial charge is 0.493 e. The van der Waals surface area contributed by atoms with Crippen LogP contribution in [0.25, 0.3) is 0 Å². The van der Waals surface area contributed by atoms with E-state index in [9.17, 15) is 9.90 Å². The molecule has 0 unspecified atom stereocenters. The molecule has 2 atom stereocenters. The number of ether oxygens (including phenoxy) is 2. The van der Waals surface area contributed by atoms with E-state index in [1.54, 1.807) is 14.2 Å². The van der Waals surface area contributed by atoms with E-state index >= 15 is 0 Å². The van der Waals surface area contributed by atoms with Gasteiger partial charge in [0.05, 0.1) is 19.6 Å². The Morgan fingerprint density at radius 1 is 1.09 bits per heavy atom. The van der Waals surface area contributed by atoms with Crippen molar-refractivity contribution in [3.63, 3.8) is 0 Å². The van der Waals surface area contributed by atoms with Gasteiger partial charge in [0.25, 0.3) is 0 Å². The van der Waals surface area contributed by atoms with Crippen molar-refractivity contribution in [1.82, 2.24) is 0 Å². The molecule has 1 aromatic carbocycles. The molecule has 0 amide bonds. The van der Waals surface area contributed by atoms with Crippen LogP contribution < -0.4 is 9.47 Å². The number of methoxy groups -OCH3 is 2. The molecular weight excluding hydrogens is 292 g/mol. The molecule has 0 saturated heterocycles. The van der Waals surface area contributed by atoms with E-state index in [4.69, 9.17) is 9.47 Å². The van der Waals surface area contributed by atoms with Crippen molar-refractivity contribution in [2.45, 2.75) is 43.9 Å². The minimum Gasteiger partial charge on any atom is -0.493 e. The second-order valence-electron chi connectivity index (χ2n) is 7.90. The summed E-state index contributed by atoms with van der Waals surface area (Å²) in [5, 5.41) is 9.88. The number of carbonyl (C=O) groups is 1. The van der Waals surface area contributed by atoms with Crippen LogP contribution >= 0.6 is 0 Å². The highest BCUT2D eigenvalue weighted by Gasteiger charge is 2.61. The Bertz CT molecular complexity index is 637. The minimum atomic E-state index is -0.587. The van der Waals surface area contributed by atoms with Crippen LogP contribution in [0, 0.1) is 17.3 Å². The smallest absolute Gasteiger partial charge is 0.309 e. The first-order chi connectivity index (χ1) is 11.0. The van der Waals surface area contributed by atoms with Crippen LogP contribution in [0.1, 0.15) is 44.1 Å². The van der Waals surface area contributed by atoms with Gasteiger partial charge in [-0.3, -0.25) is 4.79 Å². The van der Waals surface area contributed by atoms with Crippen LogP contribution in [0.5, 0.6) is 11.5 Å². The molecule has 0 aliphatic heterocycles. The lowest BCUT2D eigenvalue weighted by molar-refractivity contribution is -0.167. The number of carboxylic acid groups (broad SMARTS) is 1. The molecule has 0 heterocycles. The van der Waals surface area contributed by atoms with Crippen LogP contribution in [-0.4, -0.2) is 25.3 Å². The SMILES string of the molecule is COc1ccc(C23C[C@@H]4C[C@H](CC(C(=O)O)(C4)C2)C3)cc1OC. The zero-order valence-corrected chi connectivity index (χ0v) is 13.8. The molecule has 23 heavy (non-hydrogen) atoms. The Morgan fingerprint density at radius 2 is 1.74 bits per heavy atom. The highest BCUT2D eigenvalue weighted by molar-refractivity contribution is 5.76. The quantitative estimate of drug-likeness (QED) is 0.921. The fourth-order valence-electron chi connectivity index (χ4n) is 6.02. The van der Waals surface area contributed by atoms with Crippen molar-refractivity contribution < 1.29 is 19.4 Å². The second kappa shape index (κ2) is 4.89. The minimum absolute atomic E-state index is 0.00201. The van der Waals surface area contributed by atoms with Crippen LogP contribution in [0.15, 0.2) is 18.2 Å². The molecule has 5 rings (SSSR count). The normalized spacial score (nSPS) is 37.7. The van der Waals surface area contributed by atoms with E-state index in [0.717, 1.165) is 43.6 Å². The van der Waals surface area contributed by atoms with Crippen LogP contribution in [0.2, 0.25) is 0 Å². The molecule has 4 bridgehead atoms. The lowest BCUT2D eigenvalue weighted by atomic mass is 9.43. The van der Waals surface area contributed by atoms with Crippen molar-refractivity contribution in [2.75, 3.05) is 14.2 Å². The number of benzene rings is 1. The van der Waals surface area contributed by atoms with Gasteiger partial charge in [-0.1, -0.05) is 6.07 Å². The van der Waals surface area contributed by atoms with Crippen molar-refractivity contribution in [2.24, 2.45) is 17.3 Å². The Morgan fingerprint density at radius 3 is 2.30 bits per heavy atom. The summed E-state index contributed by atoms with van der Waals surface area (Å²) in [4.78, 5) is 12.0. The van der Waals surface area contributed by atoms with Crippen molar-refractivity contribution in [3.8, 4) is 11.5 Å². The molecule has 4 aliphatic rings. The van der Waals surface area contributed by atoms with E-state index in [2.05, 4.69) is 12.1 Å². The summed E-state index contributed by atoms with van der Waals surface area (Å²) in [6.07, 6.45) is 5.96. The van der Waals surface area contributed by atoms with Crippen LogP contribution in [-0.2, 0) is 10.2 Å². The zero-order chi connectivity index (χ0) is 16.2. The summed E-state index contributed by atoms with van der Waals surface area (Å²) < 4.78 is 10.8. The Hall–Kier alpha value is -1.71. The number of hydrogen-bond acceptors (Lipinski definition) is 3. The maximum Gasteiger partial charge on any atom is 0.309 e. The van der Waals surface area contributed by atoms with Crippen LogP contribution in [0.4, 0.5) is 0 Å². The van der Waals surface area contributed by atoms with Gasteiger partial charge in [-0.25, -0.2) is 0 Å². The Kier molecular flexibility index (Phi) is 3.16. The molecular formula is C19H24O4. The predicted molar refractivity (Wildman–Crippen MR) is 86.0 cm³/mol. The molecule has 1 N–H and O–H groups in total. The lowest BCUT2D eigenvalue weighted by Crippen LogP contribution is -2.56. The molecule has 4 nitrogen and oxygen atoms in total. The number of carboxylic acids is 1. The van der Waals surface area contributed by atoms with Gasteiger partial charge in [0, 0.05) is 0 Å². The summed E-state index contributed by atoms with van der Waals surface area (Å²) in [6.45, 7) is 0. The molecule has 0 aromatic heterocycles. The maximum absolute atomic E-state index is 12.0. The van der Waals surface area contributed by atoms with Gasteiger partial charge in [0.15, 0.2) is 11.5 Å². The average Bonchev–Trinajstić information content (AvgIpc) is 2.52. The summed E-state index contributed by atoms with van der Waals surface area (Å²) in [6, 6.07) is 6.14. The van der Waals surface area contributed by atoms with E-state index in [-0.39, 0.29) is 5.41 Å². The van der Waals surface area contributed by atoms with E-state index in [0.29, 0.717) is 11.8 Å². The van der Waals surface area contributed by atoms with Gasteiger partial charge in [-0.15, -0.1) is 0 Å². The first-order valence-corrected chi connectivity index (χ1v) is 8.46. The van der Waals surface area contributed by atoms with E-state index < -0.39 is 11.4 Å². The van der Waals surface area contributed by atoms with E-state index in [1.807, 2.05) is 6.07 Å². The van der Waals surface area contributed by atoms with Crippen LogP contribution in [0.3, 0.4) is 0 Å².